The summed E-state index contributed by atoms with van der Waals surface area (Å²) in [4.78, 5) is 7.52. The van der Waals surface area contributed by atoms with Gasteiger partial charge in [-0.15, -0.1) is 20.4 Å². The van der Waals surface area contributed by atoms with Crippen molar-refractivity contribution in [2.45, 2.75) is 0 Å². The second-order valence-electron chi connectivity index (χ2n) is 2.68. The van der Waals surface area contributed by atoms with Gasteiger partial charge in [0.1, 0.15) is 25.3 Å². The average molecular weight is 216 g/mol. The fraction of sp³-hybridized carbons (Fsp3) is 0. The summed E-state index contributed by atoms with van der Waals surface area (Å²) in [6.45, 7) is 0. The maximum Gasteiger partial charge on any atom is 0.290 e. The summed E-state index contributed by atoms with van der Waals surface area (Å²) in [6, 6.07) is 0. The first-order chi connectivity index (χ1) is 7.93. The minimum atomic E-state index is 0.237. The molecule has 0 aromatic carbocycles. The van der Waals surface area contributed by atoms with Gasteiger partial charge in [-0.2, -0.15) is 19.6 Å². The van der Waals surface area contributed by atoms with Crippen molar-refractivity contribution in [3.05, 3.63) is 25.3 Å². The Labute approximate surface area is 88.0 Å². The zero-order valence-corrected chi connectivity index (χ0v) is 7.78. The van der Waals surface area contributed by atoms with Gasteiger partial charge in [-0.3, -0.25) is 0 Å². The van der Waals surface area contributed by atoms with E-state index in [2.05, 4.69) is 40.6 Å². The number of rotatable bonds is 2. The molecule has 16 heavy (non-hydrogen) atoms. The molecule has 0 aliphatic heterocycles. The zero-order chi connectivity index (χ0) is 10.8. The third-order valence-electron chi connectivity index (χ3n) is 1.71. The van der Waals surface area contributed by atoms with Crippen molar-refractivity contribution < 1.29 is 0 Å². The molecular weight excluding hydrogens is 212 g/mol. The molecule has 10 heteroatoms. The quantitative estimate of drug-likeness (QED) is 0.504. The Morgan fingerprint density at radius 3 is 1.44 bits per heavy atom. The summed E-state index contributed by atoms with van der Waals surface area (Å²) < 4.78 is 2.70. The van der Waals surface area contributed by atoms with Gasteiger partial charge in [0.25, 0.3) is 11.9 Å². The van der Waals surface area contributed by atoms with E-state index in [0.29, 0.717) is 0 Å². The van der Waals surface area contributed by atoms with E-state index in [1.807, 2.05) is 0 Å². The predicted octanol–water partition coefficient (Wildman–Crippen LogP) is -1.57. The summed E-state index contributed by atoms with van der Waals surface area (Å²) >= 11 is 0. The standard InChI is InChI=1S/C6H4N10/c1-7-3-15(9-1)5-11-13-6(14-12-5)16-4-8-2-10-16/h1-4H. The molecule has 10 nitrogen and oxygen atoms in total. The summed E-state index contributed by atoms with van der Waals surface area (Å²) in [7, 11) is 0. The molecule has 0 unspecified atom stereocenters. The largest absolute Gasteiger partial charge is 0.290 e. The Morgan fingerprint density at radius 2 is 1.12 bits per heavy atom. The molecule has 0 fully saturated rings. The fourth-order valence-corrected chi connectivity index (χ4v) is 1.03. The van der Waals surface area contributed by atoms with Crippen molar-refractivity contribution in [2.24, 2.45) is 0 Å². The Balaban J connectivity index is 1.97. The Hall–Kier alpha value is -2.78. The molecule has 3 aromatic heterocycles. The average Bonchev–Trinajstić information content (AvgIpc) is 3.03. The molecule has 0 saturated carbocycles. The van der Waals surface area contributed by atoms with E-state index in [0.717, 1.165) is 0 Å². The summed E-state index contributed by atoms with van der Waals surface area (Å²) in [5.74, 6) is 0.475. The number of aromatic nitrogens is 10. The van der Waals surface area contributed by atoms with Crippen molar-refractivity contribution >= 4 is 0 Å². The van der Waals surface area contributed by atoms with Crippen LogP contribution in [0.4, 0.5) is 0 Å². The van der Waals surface area contributed by atoms with Crippen molar-refractivity contribution in [1.82, 2.24) is 49.9 Å². The molecule has 0 aliphatic carbocycles. The minimum Gasteiger partial charge on any atom is -0.223 e. The van der Waals surface area contributed by atoms with Crippen LogP contribution in [0.3, 0.4) is 0 Å². The van der Waals surface area contributed by atoms with Crippen LogP contribution >= 0.6 is 0 Å². The van der Waals surface area contributed by atoms with Crippen LogP contribution in [0.1, 0.15) is 0 Å². The Kier molecular flexibility index (Phi) is 1.82. The van der Waals surface area contributed by atoms with Crippen LogP contribution in [-0.2, 0) is 0 Å². The zero-order valence-electron chi connectivity index (χ0n) is 7.78. The first-order valence-electron chi connectivity index (χ1n) is 4.21. The highest BCUT2D eigenvalue weighted by molar-refractivity contribution is 5.06. The van der Waals surface area contributed by atoms with Crippen LogP contribution in [0.5, 0.6) is 0 Å². The number of nitrogens with zero attached hydrogens (tertiary/aromatic N) is 10. The lowest BCUT2D eigenvalue weighted by Gasteiger charge is -1.97. The van der Waals surface area contributed by atoms with Gasteiger partial charge in [-0.1, -0.05) is 0 Å². The van der Waals surface area contributed by atoms with Crippen molar-refractivity contribution in [3.8, 4) is 11.9 Å². The number of hydrogen-bond donors (Lipinski definition) is 0. The molecule has 3 heterocycles. The second-order valence-corrected chi connectivity index (χ2v) is 2.68. The molecule has 3 aromatic rings. The lowest BCUT2D eigenvalue weighted by atomic mass is 10.9. The van der Waals surface area contributed by atoms with Crippen LogP contribution in [0.25, 0.3) is 11.9 Å². The van der Waals surface area contributed by atoms with Gasteiger partial charge < -0.3 is 0 Å². The molecule has 0 amide bonds. The second kappa shape index (κ2) is 3.42. The maximum atomic E-state index is 3.84. The highest BCUT2D eigenvalue weighted by Gasteiger charge is 2.05. The molecule has 0 spiro atoms. The van der Waals surface area contributed by atoms with Gasteiger partial charge in [0.15, 0.2) is 0 Å². The predicted molar refractivity (Wildman–Crippen MR) is 47.5 cm³/mol. The molecular formula is C6H4N10. The van der Waals surface area contributed by atoms with Crippen molar-refractivity contribution in [1.29, 1.82) is 0 Å². The van der Waals surface area contributed by atoms with E-state index in [-0.39, 0.29) is 11.9 Å². The van der Waals surface area contributed by atoms with Crippen LogP contribution < -0.4 is 0 Å². The molecule has 0 bridgehead atoms. The first-order valence-corrected chi connectivity index (χ1v) is 4.21. The Bertz CT molecular complexity index is 499. The van der Waals surface area contributed by atoms with Crippen LogP contribution in [0.2, 0.25) is 0 Å². The van der Waals surface area contributed by atoms with Crippen LogP contribution in [0.15, 0.2) is 25.3 Å². The summed E-state index contributed by atoms with van der Waals surface area (Å²) in [5, 5.41) is 23.0. The smallest absolute Gasteiger partial charge is 0.223 e. The van der Waals surface area contributed by atoms with E-state index in [4.69, 9.17) is 0 Å². The van der Waals surface area contributed by atoms with Gasteiger partial charge in [0.05, 0.1) is 0 Å². The molecule has 0 N–H and O–H groups in total. The van der Waals surface area contributed by atoms with E-state index in [1.54, 1.807) is 0 Å². The van der Waals surface area contributed by atoms with E-state index >= 15 is 0 Å². The van der Waals surface area contributed by atoms with Gasteiger partial charge in [0.2, 0.25) is 0 Å². The van der Waals surface area contributed by atoms with E-state index in [9.17, 15) is 0 Å². The highest BCUT2D eigenvalue weighted by atomic mass is 15.5. The molecule has 3 rings (SSSR count). The number of hydrogen-bond acceptors (Lipinski definition) is 8. The SMILES string of the molecule is c1ncn(-c2nnc(-n3cncn3)nn2)n1. The van der Waals surface area contributed by atoms with Crippen LogP contribution in [-0.4, -0.2) is 49.9 Å². The molecule has 0 saturated heterocycles. The minimum absolute atomic E-state index is 0.237. The molecule has 78 valence electrons. The lowest BCUT2D eigenvalue weighted by molar-refractivity contribution is 0.679. The van der Waals surface area contributed by atoms with Gasteiger partial charge in [0, 0.05) is 0 Å². The summed E-state index contributed by atoms with van der Waals surface area (Å²) in [6.07, 6.45) is 5.64. The van der Waals surface area contributed by atoms with Crippen molar-refractivity contribution in [3.63, 3.8) is 0 Å². The first kappa shape index (κ1) is 8.52. The van der Waals surface area contributed by atoms with E-state index in [1.165, 1.54) is 34.7 Å². The fourth-order valence-electron chi connectivity index (χ4n) is 1.03. The third-order valence-corrected chi connectivity index (χ3v) is 1.71. The van der Waals surface area contributed by atoms with Gasteiger partial charge in [-0.05, 0) is 0 Å². The normalized spacial score (nSPS) is 10.5. The highest BCUT2D eigenvalue weighted by Crippen LogP contribution is 1.95. The molecule has 0 radical (unpaired) electrons. The lowest BCUT2D eigenvalue weighted by Crippen LogP contribution is -2.10. The molecule has 0 atom stereocenters. The van der Waals surface area contributed by atoms with Gasteiger partial charge >= 0.3 is 0 Å². The van der Waals surface area contributed by atoms with Crippen molar-refractivity contribution in [2.75, 3.05) is 0 Å². The third kappa shape index (κ3) is 1.37. The Morgan fingerprint density at radius 1 is 0.688 bits per heavy atom. The molecule has 0 aliphatic rings. The van der Waals surface area contributed by atoms with Gasteiger partial charge in [-0.25, -0.2) is 9.97 Å². The summed E-state index contributed by atoms with van der Waals surface area (Å²) in [5.41, 5.74) is 0. The van der Waals surface area contributed by atoms with E-state index < -0.39 is 0 Å². The van der Waals surface area contributed by atoms with Crippen LogP contribution in [0, 0.1) is 0 Å². The monoisotopic (exact) mass is 216 g/mol. The maximum absolute atomic E-state index is 3.84. The topological polar surface area (TPSA) is 113 Å².